The summed E-state index contributed by atoms with van der Waals surface area (Å²) in [6.45, 7) is 8.15. The fourth-order valence-electron chi connectivity index (χ4n) is 0.918. The van der Waals surface area contributed by atoms with Gasteiger partial charge in [-0.2, -0.15) is 5.26 Å². The summed E-state index contributed by atoms with van der Waals surface area (Å²) in [5.74, 6) is 0. The summed E-state index contributed by atoms with van der Waals surface area (Å²) >= 11 is 1.57. The molecule has 4 heteroatoms. The summed E-state index contributed by atoms with van der Waals surface area (Å²) in [6.07, 6.45) is 0. The standard InChI is InChI=1S/C10H13N3S/c1-7-5-8(6-11)13-9(12-7)14-10(2,3)4/h5H,1-4H3. The van der Waals surface area contributed by atoms with Gasteiger partial charge in [0.05, 0.1) is 0 Å². The Morgan fingerprint density at radius 2 is 2.00 bits per heavy atom. The predicted octanol–water partition coefficient (Wildman–Crippen LogP) is 2.55. The zero-order chi connectivity index (χ0) is 10.8. The van der Waals surface area contributed by atoms with Gasteiger partial charge < -0.3 is 0 Å². The fourth-order valence-corrected chi connectivity index (χ4v) is 1.80. The molecule has 1 heterocycles. The van der Waals surface area contributed by atoms with Crippen LogP contribution in [-0.4, -0.2) is 14.7 Å². The average Bonchev–Trinajstić information content (AvgIpc) is 1.99. The Hall–Kier alpha value is -1.08. The number of thioether (sulfide) groups is 1. The van der Waals surface area contributed by atoms with Gasteiger partial charge >= 0.3 is 0 Å². The van der Waals surface area contributed by atoms with Crippen molar-refractivity contribution in [2.24, 2.45) is 0 Å². The molecule has 0 fully saturated rings. The topological polar surface area (TPSA) is 49.6 Å². The van der Waals surface area contributed by atoms with Crippen LogP contribution in [0.1, 0.15) is 32.2 Å². The second-order valence-corrected chi connectivity index (χ2v) is 5.80. The van der Waals surface area contributed by atoms with Crippen LogP contribution in [0.4, 0.5) is 0 Å². The van der Waals surface area contributed by atoms with Crippen LogP contribution in [0.25, 0.3) is 0 Å². The highest BCUT2D eigenvalue weighted by Gasteiger charge is 2.14. The molecule has 14 heavy (non-hydrogen) atoms. The molecule has 0 N–H and O–H groups in total. The van der Waals surface area contributed by atoms with Crippen molar-refractivity contribution in [3.05, 3.63) is 17.5 Å². The average molecular weight is 207 g/mol. The minimum atomic E-state index is 0.0700. The lowest BCUT2D eigenvalue weighted by Gasteiger charge is -2.15. The van der Waals surface area contributed by atoms with Crippen LogP contribution in [0, 0.1) is 18.3 Å². The van der Waals surface area contributed by atoms with E-state index < -0.39 is 0 Å². The van der Waals surface area contributed by atoms with Crippen molar-refractivity contribution in [3.63, 3.8) is 0 Å². The second kappa shape index (κ2) is 3.97. The summed E-state index contributed by atoms with van der Waals surface area (Å²) in [7, 11) is 0. The van der Waals surface area contributed by atoms with E-state index in [9.17, 15) is 0 Å². The number of rotatable bonds is 1. The highest BCUT2D eigenvalue weighted by atomic mass is 32.2. The van der Waals surface area contributed by atoms with Crippen molar-refractivity contribution < 1.29 is 0 Å². The number of aromatic nitrogens is 2. The lowest BCUT2D eigenvalue weighted by molar-refractivity contribution is 0.788. The Kier molecular flexibility index (Phi) is 3.12. The number of nitriles is 1. The van der Waals surface area contributed by atoms with Gasteiger partial charge in [-0.05, 0) is 13.0 Å². The summed E-state index contributed by atoms with van der Waals surface area (Å²) in [4.78, 5) is 8.40. The van der Waals surface area contributed by atoms with Crippen LogP contribution >= 0.6 is 11.8 Å². The molecule has 0 aliphatic carbocycles. The SMILES string of the molecule is Cc1cc(C#N)nc(SC(C)(C)C)n1. The molecule has 0 bridgehead atoms. The number of hydrogen-bond acceptors (Lipinski definition) is 4. The van der Waals surface area contributed by atoms with E-state index in [4.69, 9.17) is 5.26 Å². The Labute approximate surface area is 88.6 Å². The van der Waals surface area contributed by atoms with Crippen molar-refractivity contribution >= 4 is 11.8 Å². The fraction of sp³-hybridized carbons (Fsp3) is 0.500. The van der Waals surface area contributed by atoms with Crippen molar-refractivity contribution in [1.29, 1.82) is 5.26 Å². The van der Waals surface area contributed by atoms with Gasteiger partial charge in [0, 0.05) is 10.4 Å². The third kappa shape index (κ3) is 3.35. The second-order valence-electron chi connectivity index (χ2n) is 4.00. The molecule has 0 unspecified atom stereocenters. The van der Waals surface area contributed by atoms with E-state index in [1.807, 2.05) is 13.0 Å². The lowest BCUT2D eigenvalue weighted by Crippen LogP contribution is -2.09. The molecule has 0 saturated carbocycles. The van der Waals surface area contributed by atoms with Gasteiger partial charge in [0.1, 0.15) is 11.8 Å². The molecule has 0 aliphatic heterocycles. The monoisotopic (exact) mass is 207 g/mol. The molecule has 0 atom stereocenters. The maximum atomic E-state index is 8.74. The normalized spacial score (nSPS) is 11.1. The first-order chi connectivity index (χ1) is 6.40. The predicted molar refractivity (Wildman–Crippen MR) is 57.1 cm³/mol. The molecule has 0 spiro atoms. The summed E-state index contributed by atoms with van der Waals surface area (Å²) in [5.41, 5.74) is 1.27. The van der Waals surface area contributed by atoms with E-state index in [-0.39, 0.29) is 4.75 Å². The van der Waals surface area contributed by atoms with Gasteiger partial charge in [-0.1, -0.05) is 32.5 Å². The Bertz CT molecular complexity index is 374. The van der Waals surface area contributed by atoms with Crippen molar-refractivity contribution in [3.8, 4) is 6.07 Å². The molecule has 3 nitrogen and oxygen atoms in total. The minimum Gasteiger partial charge on any atom is -0.228 e. The van der Waals surface area contributed by atoms with Gasteiger partial charge in [-0.3, -0.25) is 0 Å². The summed E-state index contributed by atoms with van der Waals surface area (Å²) in [5, 5.41) is 9.41. The largest absolute Gasteiger partial charge is 0.228 e. The van der Waals surface area contributed by atoms with E-state index >= 15 is 0 Å². The van der Waals surface area contributed by atoms with Gasteiger partial charge in [0.15, 0.2) is 5.16 Å². The number of hydrogen-bond donors (Lipinski definition) is 0. The number of nitrogens with zero attached hydrogens (tertiary/aromatic N) is 3. The molecule has 0 radical (unpaired) electrons. The van der Waals surface area contributed by atoms with Crippen molar-refractivity contribution in [2.45, 2.75) is 37.6 Å². The molecule has 74 valence electrons. The smallest absolute Gasteiger partial charge is 0.189 e. The molecular formula is C10H13N3S. The summed E-state index contributed by atoms with van der Waals surface area (Å²) < 4.78 is 0.0700. The van der Waals surface area contributed by atoms with Gasteiger partial charge in [0.25, 0.3) is 0 Å². The van der Waals surface area contributed by atoms with E-state index in [2.05, 4.69) is 30.7 Å². The molecular weight excluding hydrogens is 194 g/mol. The summed E-state index contributed by atoms with van der Waals surface area (Å²) in [6, 6.07) is 3.72. The van der Waals surface area contributed by atoms with Crippen molar-refractivity contribution in [1.82, 2.24) is 9.97 Å². The van der Waals surface area contributed by atoms with Crippen LogP contribution in [0.5, 0.6) is 0 Å². The van der Waals surface area contributed by atoms with Gasteiger partial charge in [0.2, 0.25) is 0 Å². The van der Waals surface area contributed by atoms with Gasteiger partial charge in [-0.15, -0.1) is 0 Å². The molecule has 0 amide bonds. The Balaban J connectivity index is 3.00. The number of aryl methyl sites for hydroxylation is 1. The highest BCUT2D eigenvalue weighted by molar-refractivity contribution is 8.00. The van der Waals surface area contributed by atoms with Crippen molar-refractivity contribution in [2.75, 3.05) is 0 Å². The minimum absolute atomic E-state index is 0.0700. The Morgan fingerprint density at radius 1 is 1.36 bits per heavy atom. The van der Waals surface area contributed by atoms with Crippen LogP contribution in [-0.2, 0) is 0 Å². The molecule has 1 aromatic heterocycles. The first-order valence-corrected chi connectivity index (χ1v) is 5.17. The van der Waals surface area contributed by atoms with Crippen LogP contribution in [0.15, 0.2) is 11.2 Å². The zero-order valence-corrected chi connectivity index (χ0v) is 9.64. The van der Waals surface area contributed by atoms with Crippen LogP contribution in [0.2, 0.25) is 0 Å². The third-order valence-corrected chi connectivity index (χ3v) is 2.32. The first-order valence-electron chi connectivity index (χ1n) is 4.35. The molecule has 1 rings (SSSR count). The van der Waals surface area contributed by atoms with Crippen LogP contribution < -0.4 is 0 Å². The first kappa shape index (κ1) is 11.0. The van der Waals surface area contributed by atoms with E-state index in [1.165, 1.54) is 0 Å². The van der Waals surface area contributed by atoms with Gasteiger partial charge in [-0.25, -0.2) is 9.97 Å². The maximum absolute atomic E-state index is 8.74. The van der Waals surface area contributed by atoms with E-state index in [0.717, 1.165) is 5.69 Å². The molecule has 0 saturated heterocycles. The molecule has 0 aromatic carbocycles. The zero-order valence-electron chi connectivity index (χ0n) is 8.83. The quantitative estimate of drug-likeness (QED) is 0.524. The molecule has 0 aliphatic rings. The van der Waals surface area contributed by atoms with Crippen LogP contribution in [0.3, 0.4) is 0 Å². The van der Waals surface area contributed by atoms with E-state index in [0.29, 0.717) is 10.9 Å². The van der Waals surface area contributed by atoms with E-state index in [1.54, 1.807) is 17.8 Å². The highest BCUT2D eigenvalue weighted by Crippen LogP contribution is 2.29. The Morgan fingerprint density at radius 3 is 2.50 bits per heavy atom. The third-order valence-electron chi connectivity index (χ3n) is 1.35. The lowest BCUT2D eigenvalue weighted by atomic mass is 10.3. The maximum Gasteiger partial charge on any atom is 0.189 e. The molecule has 1 aromatic rings.